The van der Waals surface area contributed by atoms with E-state index in [0.29, 0.717) is 4.88 Å². The van der Waals surface area contributed by atoms with Crippen LogP contribution in [0.4, 0.5) is 5.69 Å². The third kappa shape index (κ3) is 3.24. The van der Waals surface area contributed by atoms with Gasteiger partial charge in [-0.2, -0.15) is 0 Å². The fourth-order valence-electron chi connectivity index (χ4n) is 1.66. The van der Waals surface area contributed by atoms with Gasteiger partial charge in [0, 0.05) is 6.54 Å². The summed E-state index contributed by atoms with van der Waals surface area (Å²) in [6, 6.07) is 9.76. The number of benzene rings is 1. The van der Waals surface area contributed by atoms with Crippen molar-refractivity contribution in [2.24, 2.45) is 0 Å². The van der Waals surface area contributed by atoms with Crippen molar-refractivity contribution in [1.82, 2.24) is 4.72 Å². The van der Waals surface area contributed by atoms with Crippen molar-refractivity contribution in [3.8, 4) is 0 Å². The summed E-state index contributed by atoms with van der Waals surface area (Å²) in [5.74, 6) is -0.320. The van der Waals surface area contributed by atoms with Crippen LogP contribution in [0.1, 0.15) is 16.6 Å². The largest absolute Gasteiger partial charge is 0.320 e. The Morgan fingerprint density at radius 2 is 1.95 bits per heavy atom. The summed E-state index contributed by atoms with van der Waals surface area (Å²) in [6.07, 6.45) is 0. The quantitative estimate of drug-likeness (QED) is 0.890. The molecule has 5 nitrogen and oxygen atoms in total. The zero-order valence-electron chi connectivity index (χ0n) is 10.8. The molecule has 20 heavy (non-hydrogen) atoms. The Kier molecular flexibility index (Phi) is 4.53. The lowest BCUT2D eigenvalue weighted by Crippen LogP contribution is -2.24. The van der Waals surface area contributed by atoms with Crippen molar-refractivity contribution in [2.75, 3.05) is 11.9 Å². The molecular weight excluding hydrogens is 296 g/mol. The molecule has 106 valence electrons. The Labute approximate surface area is 121 Å². The summed E-state index contributed by atoms with van der Waals surface area (Å²) >= 11 is 1.30. The fraction of sp³-hybridized carbons (Fsp3) is 0.154. The zero-order chi connectivity index (χ0) is 14.6. The topological polar surface area (TPSA) is 75.3 Å². The van der Waals surface area contributed by atoms with Crippen molar-refractivity contribution >= 4 is 33.0 Å². The third-order valence-electron chi connectivity index (χ3n) is 2.50. The van der Waals surface area contributed by atoms with Gasteiger partial charge in [0.05, 0.1) is 10.6 Å². The Morgan fingerprint density at radius 3 is 2.60 bits per heavy atom. The lowest BCUT2D eigenvalue weighted by Gasteiger charge is -2.11. The van der Waals surface area contributed by atoms with E-state index in [-0.39, 0.29) is 23.0 Å². The highest BCUT2D eigenvalue weighted by atomic mass is 32.2. The minimum atomic E-state index is -3.62. The molecule has 2 aromatic rings. The molecule has 0 aliphatic heterocycles. The Bertz CT molecular complexity index is 694. The number of hydrogen-bond acceptors (Lipinski definition) is 4. The second-order valence-corrected chi connectivity index (χ2v) is 6.61. The highest BCUT2D eigenvalue weighted by molar-refractivity contribution is 7.89. The highest BCUT2D eigenvalue weighted by Gasteiger charge is 2.18. The smallest absolute Gasteiger partial charge is 0.265 e. The van der Waals surface area contributed by atoms with Crippen LogP contribution in [0.25, 0.3) is 0 Å². The van der Waals surface area contributed by atoms with Crippen LogP contribution in [-0.4, -0.2) is 20.9 Å². The predicted molar refractivity (Wildman–Crippen MR) is 79.6 cm³/mol. The summed E-state index contributed by atoms with van der Waals surface area (Å²) in [6.45, 7) is 1.99. The molecule has 0 spiro atoms. The van der Waals surface area contributed by atoms with Gasteiger partial charge in [-0.3, -0.25) is 4.79 Å². The molecule has 0 fully saturated rings. The number of hydrogen-bond donors (Lipinski definition) is 2. The Balaban J connectivity index is 2.32. The van der Waals surface area contributed by atoms with E-state index in [9.17, 15) is 13.2 Å². The van der Waals surface area contributed by atoms with Gasteiger partial charge >= 0.3 is 0 Å². The van der Waals surface area contributed by atoms with Crippen LogP contribution in [0.2, 0.25) is 0 Å². The van der Waals surface area contributed by atoms with Gasteiger partial charge in [0.1, 0.15) is 4.90 Å². The fourth-order valence-corrected chi connectivity index (χ4v) is 3.48. The van der Waals surface area contributed by atoms with Crippen molar-refractivity contribution < 1.29 is 13.2 Å². The number of carbonyl (C=O) groups is 1. The second-order valence-electron chi connectivity index (χ2n) is 3.93. The Morgan fingerprint density at radius 1 is 1.20 bits per heavy atom. The Hall–Kier alpha value is -1.70. The third-order valence-corrected chi connectivity index (χ3v) is 4.98. The highest BCUT2D eigenvalue weighted by Crippen LogP contribution is 2.22. The number of sulfonamides is 1. The first-order valence-corrected chi connectivity index (χ1v) is 8.34. The molecule has 1 aromatic heterocycles. The van der Waals surface area contributed by atoms with Gasteiger partial charge in [0.25, 0.3) is 5.91 Å². The maximum atomic E-state index is 12.1. The molecule has 0 bridgehead atoms. The summed E-state index contributed by atoms with van der Waals surface area (Å²) in [4.78, 5) is 12.6. The van der Waals surface area contributed by atoms with Gasteiger partial charge in [0.15, 0.2) is 0 Å². The maximum Gasteiger partial charge on any atom is 0.265 e. The molecular formula is C13H14N2O3S2. The molecule has 0 unspecified atom stereocenters. The van der Waals surface area contributed by atoms with E-state index in [1.165, 1.54) is 17.4 Å². The zero-order valence-corrected chi connectivity index (χ0v) is 12.4. The standard InChI is InChI=1S/C13H14N2O3S2/c1-2-14-20(17,18)12-8-4-3-6-10(12)15-13(16)11-7-5-9-19-11/h3-9,14H,2H2,1H3,(H,15,16). The molecule has 0 saturated heterocycles. The molecule has 0 atom stereocenters. The van der Waals surface area contributed by atoms with Crippen LogP contribution in [0.5, 0.6) is 0 Å². The van der Waals surface area contributed by atoms with Gasteiger partial charge in [-0.15, -0.1) is 11.3 Å². The van der Waals surface area contributed by atoms with Crippen LogP contribution >= 0.6 is 11.3 Å². The molecule has 1 aromatic carbocycles. The predicted octanol–water partition coefficient (Wildman–Crippen LogP) is 2.30. The van der Waals surface area contributed by atoms with Crippen LogP contribution in [0.3, 0.4) is 0 Å². The average molecular weight is 310 g/mol. The van der Waals surface area contributed by atoms with Crippen LogP contribution in [-0.2, 0) is 10.0 Å². The maximum absolute atomic E-state index is 12.1. The summed E-state index contributed by atoms with van der Waals surface area (Å²) in [5, 5.41) is 4.42. The van der Waals surface area contributed by atoms with Gasteiger partial charge in [-0.25, -0.2) is 13.1 Å². The number of amides is 1. The first-order chi connectivity index (χ1) is 9.54. The SMILES string of the molecule is CCNS(=O)(=O)c1ccccc1NC(=O)c1cccs1. The number of anilines is 1. The first kappa shape index (κ1) is 14.7. The molecule has 2 rings (SSSR count). The molecule has 1 amide bonds. The average Bonchev–Trinajstić information content (AvgIpc) is 2.93. The van der Waals surface area contributed by atoms with E-state index in [1.54, 1.807) is 42.6 Å². The number of rotatable bonds is 5. The van der Waals surface area contributed by atoms with Gasteiger partial charge in [-0.1, -0.05) is 25.1 Å². The normalized spacial score (nSPS) is 11.2. The monoisotopic (exact) mass is 310 g/mol. The summed E-state index contributed by atoms with van der Waals surface area (Å²) < 4.78 is 26.5. The minimum absolute atomic E-state index is 0.0618. The van der Waals surface area contributed by atoms with Crippen molar-refractivity contribution in [3.05, 3.63) is 46.7 Å². The summed E-state index contributed by atoms with van der Waals surface area (Å²) in [5.41, 5.74) is 0.270. The molecule has 7 heteroatoms. The first-order valence-electron chi connectivity index (χ1n) is 5.98. The van der Waals surface area contributed by atoms with E-state index in [0.717, 1.165) is 0 Å². The molecule has 0 saturated carbocycles. The van der Waals surface area contributed by atoms with E-state index in [4.69, 9.17) is 0 Å². The van der Waals surface area contributed by atoms with Gasteiger partial charge < -0.3 is 5.32 Å². The molecule has 0 aliphatic rings. The lowest BCUT2D eigenvalue weighted by molar-refractivity contribution is 0.103. The number of para-hydroxylation sites is 1. The van der Waals surface area contributed by atoms with Crippen molar-refractivity contribution in [1.29, 1.82) is 0 Å². The number of carbonyl (C=O) groups excluding carboxylic acids is 1. The summed E-state index contributed by atoms with van der Waals surface area (Å²) in [7, 11) is -3.62. The molecule has 0 radical (unpaired) electrons. The van der Waals surface area contributed by atoms with Crippen molar-refractivity contribution in [3.63, 3.8) is 0 Å². The van der Waals surface area contributed by atoms with E-state index < -0.39 is 10.0 Å². The van der Waals surface area contributed by atoms with Crippen molar-refractivity contribution in [2.45, 2.75) is 11.8 Å². The van der Waals surface area contributed by atoms with Gasteiger partial charge in [-0.05, 0) is 23.6 Å². The van der Waals surface area contributed by atoms with Crippen LogP contribution in [0, 0.1) is 0 Å². The minimum Gasteiger partial charge on any atom is -0.320 e. The number of nitrogens with one attached hydrogen (secondary N) is 2. The van der Waals surface area contributed by atoms with E-state index >= 15 is 0 Å². The van der Waals surface area contributed by atoms with Crippen LogP contribution in [0.15, 0.2) is 46.7 Å². The molecule has 0 aliphatic carbocycles. The second kappa shape index (κ2) is 6.17. The van der Waals surface area contributed by atoms with Crippen LogP contribution < -0.4 is 10.0 Å². The van der Waals surface area contributed by atoms with E-state index in [2.05, 4.69) is 10.0 Å². The molecule has 1 heterocycles. The van der Waals surface area contributed by atoms with E-state index in [1.807, 2.05) is 0 Å². The lowest BCUT2D eigenvalue weighted by atomic mass is 10.3. The van der Waals surface area contributed by atoms with Gasteiger partial charge in [0.2, 0.25) is 10.0 Å². The number of thiophene rings is 1. The molecule has 2 N–H and O–H groups in total.